The van der Waals surface area contributed by atoms with Crippen LogP contribution in [0.25, 0.3) is 6.08 Å². The van der Waals surface area contributed by atoms with Crippen molar-refractivity contribution < 1.29 is 15.0 Å². The number of aromatic hydroxyl groups is 1. The molecule has 0 aliphatic rings. The molecule has 0 unspecified atom stereocenters. The van der Waals surface area contributed by atoms with Gasteiger partial charge < -0.3 is 15.9 Å². The van der Waals surface area contributed by atoms with E-state index in [0.29, 0.717) is 11.3 Å². The summed E-state index contributed by atoms with van der Waals surface area (Å²) < 4.78 is 0. The van der Waals surface area contributed by atoms with Gasteiger partial charge in [0.2, 0.25) is 0 Å². The minimum absolute atomic E-state index is 0.0301. The van der Waals surface area contributed by atoms with Crippen LogP contribution in [0.15, 0.2) is 24.3 Å². The van der Waals surface area contributed by atoms with Crippen molar-refractivity contribution in [3.05, 3.63) is 29.8 Å². The Bertz CT molecular complexity index is 358. The molecule has 0 amide bonds. The molecule has 0 heterocycles. The average molecular weight is 179 g/mol. The van der Waals surface area contributed by atoms with Crippen LogP contribution in [-0.4, -0.2) is 16.2 Å². The van der Waals surface area contributed by atoms with Gasteiger partial charge in [-0.05, 0) is 18.2 Å². The predicted molar refractivity (Wildman–Crippen MR) is 49.2 cm³/mol. The van der Waals surface area contributed by atoms with Crippen LogP contribution in [0.1, 0.15) is 5.56 Å². The van der Waals surface area contributed by atoms with E-state index in [1.165, 1.54) is 12.1 Å². The minimum Gasteiger partial charge on any atom is -0.507 e. The van der Waals surface area contributed by atoms with E-state index in [9.17, 15) is 9.90 Å². The normalized spacial score (nSPS) is 10.5. The number of nitrogen functional groups attached to an aromatic ring is 1. The fourth-order valence-electron chi connectivity index (χ4n) is 0.863. The van der Waals surface area contributed by atoms with Gasteiger partial charge in [0.05, 0.1) is 0 Å². The average Bonchev–Trinajstić information content (AvgIpc) is 2.02. The SMILES string of the molecule is Nc1ccc(/C=C/C(=O)O)c(O)c1. The van der Waals surface area contributed by atoms with Gasteiger partial charge in [0.1, 0.15) is 5.75 Å². The first-order valence-electron chi connectivity index (χ1n) is 3.59. The number of hydrogen-bond donors (Lipinski definition) is 3. The number of carboxylic acids is 1. The molecule has 0 bridgehead atoms. The molecule has 0 aliphatic heterocycles. The molecule has 1 aromatic rings. The van der Waals surface area contributed by atoms with Gasteiger partial charge in [-0.2, -0.15) is 0 Å². The number of anilines is 1. The highest BCUT2D eigenvalue weighted by Crippen LogP contribution is 2.20. The molecule has 0 saturated heterocycles. The number of nitrogens with two attached hydrogens (primary N) is 1. The van der Waals surface area contributed by atoms with Gasteiger partial charge in [-0.25, -0.2) is 4.79 Å². The fourth-order valence-corrected chi connectivity index (χ4v) is 0.863. The van der Waals surface area contributed by atoms with Crippen molar-refractivity contribution in [2.45, 2.75) is 0 Å². The van der Waals surface area contributed by atoms with Crippen molar-refractivity contribution in [1.82, 2.24) is 0 Å². The molecule has 4 heteroatoms. The Morgan fingerprint density at radius 3 is 2.69 bits per heavy atom. The molecule has 1 rings (SSSR count). The summed E-state index contributed by atoms with van der Waals surface area (Å²) in [5, 5.41) is 17.6. The molecule has 68 valence electrons. The monoisotopic (exact) mass is 179 g/mol. The Balaban J connectivity index is 2.96. The molecule has 0 fully saturated rings. The number of benzene rings is 1. The van der Waals surface area contributed by atoms with Crippen LogP contribution in [-0.2, 0) is 4.79 Å². The van der Waals surface area contributed by atoms with Crippen LogP contribution in [0.2, 0.25) is 0 Å². The summed E-state index contributed by atoms with van der Waals surface area (Å²) in [6.45, 7) is 0. The zero-order valence-electron chi connectivity index (χ0n) is 6.77. The molecule has 0 saturated carbocycles. The molecule has 0 aromatic heterocycles. The van der Waals surface area contributed by atoms with Crippen LogP contribution in [0.3, 0.4) is 0 Å². The van der Waals surface area contributed by atoms with Gasteiger partial charge >= 0.3 is 5.97 Å². The summed E-state index contributed by atoms with van der Waals surface area (Å²) >= 11 is 0. The number of hydrogen-bond acceptors (Lipinski definition) is 3. The Kier molecular flexibility index (Phi) is 2.54. The summed E-state index contributed by atoms with van der Waals surface area (Å²) in [4.78, 5) is 10.2. The zero-order valence-corrected chi connectivity index (χ0v) is 6.77. The number of rotatable bonds is 2. The molecule has 0 aliphatic carbocycles. The van der Waals surface area contributed by atoms with Crippen molar-refractivity contribution in [3.63, 3.8) is 0 Å². The molecule has 0 atom stereocenters. The maximum absolute atomic E-state index is 10.2. The van der Waals surface area contributed by atoms with E-state index >= 15 is 0 Å². The third kappa shape index (κ3) is 2.52. The maximum atomic E-state index is 10.2. The second-order valence-electron chi connectivity index (χ2n) is 2.49. The van der Waals surface area contributed by atoms with Gasteiger partial charge in [-0.1, -0.05) is 0 Å². The van der Waals surface area contributed by atoms with Crippen molar-refractivity contribution >= 4 is 17.7 Å². The Morgan fingerprint density at radius 2 is 2.15 bits per heavy atom. The van der Waals surface area contributed by atoms with Crippen LogP contribution >= 0.6 is 0 Å². The third-order valence-electron chi connectivity index (χ3n) is 1.46. The number of carbonyl (C=O) groups is 1. The summed E-state index contributed by atoms with van der Waals surface area (Å²) in [6.07, 6.45) is 2.25. The molecular weight excluding hydrogens is 170 g/mol. The third-order valence-corrected chi connectivity index (χ3v) is 1.46. The topological polar surface area (TPSA) is 83.6 Å². The van der Waals surface area contributed by atoms with Gasteiger partial charge in [-0.3, -0.25) is 0 Å². The van der Waals surface area contributed by atoms with E-state index in [2.05, 4.69) is 0 Å². The first-order chi connectivity index (χ1) is 6.09. The summed E-state index contributed by atoms with van der Waals surface area (Å²) in [7, 11) is 0. The smallest absolute Gasteiger partial charge is 0.328 e. The number of phenols is 1. The van der Waals surface area contributed by atoms with Crippen LogP contribution in [0.5, 0.6) is 5.75 Å². The van der Waals surface area contributed by atoms with E-state index in [1.54, 1.807) is 12.1 Å². The fraction of sp³-hybridized carbons (Fsp3) is 0. The Morgan fingerprint density at radius 1 is 1.46 bits per heavy atom. The maximum Gasteiger partial charge on any atom is 0.328 e. The summed E-state index contributed by atoms with van der Waals surface area (Å²) in [6, 6.07) is 4.49. The molecule has 0 radical (unpaired) electrons. The van der Waals surface area contributed by atoms with Gasteiger partial charge in [0, 0.05) is 23.4 Å². The predicted octanol–water partition coefficient (Wildman–Crippen LogP) is 1.07. The van der Waals surface area contributed by atoms with E-state index in [1.807, 2.05) is 0 Å². The van der Waals surface area contributed by atoms with E-state index in [-0.39, 0.29) is 5.75 Å². The lowest BCUT2D eigenvalue weighted by Gasteiger charge is -1.98. The summed E-state index contributed by atoms with van der Waals surface area (Å²) in [5.41, 5.74) is 6.25. The lowest BCUT2D eigenvalue weighted by Crippen LogP contribution is -1.87. The zero-order chi connectivity index (χ0) is 9.84. The second-order valence-corrected chi connectivity index (χ2v) is 2.49. The van der Waals surface area contributed by atoms with E-state index in [4.69, 9.17) is 10.8 Å². The van der Waals surface area contributed by atoms with Gasteiger partial charge in [0.25, 0.3) is 0 Å². The Labute approximate surface area is 74.9 Å². The van der Waals surface area contributed by atoms with E-state index < -0.39 is 5.97 Å². The Hall–Kier alpha value is -1.97. The van der Waals surface area contributed by atoms with Crippen molar-refractivity contribution in [3.8, 4) is 5.75 Å². The van der Waals surface area contributed by atoms with Gasteiger partial charge in [-0.15, -0.1) is 0 Å². The number of carboxylic acid groups (broad SMARTS) is 1. The quantitative estimate of drug-likeness (QED) is 0.468. The summed E-state index contributed by atoms with van der Waals surface area (Å²) in [5.74, 6) is -1.09. The highest BCUT2D eigenvalue weighted by Gasteiger charge is 1.97. The van der Waals surface area contributed by atoms with Crippen LogP contribution in [0.4, 0.5) is 5.69 Å². The first kappa shape index (κ1) is 9.12. The molecule has 1 aromatic carbocycles. The van der Waals surface area contributed by atoms with Crippen molar-refractivity contribution in [1.29, 1.82) is 0 Å². The molecule has 4 N–H and O–H groups in total. The molecular formula is C9H9NO3. The highest BCUT2D eigenvalue weighted by molar-refractivity contribution is 5.86. The van der Waals surface area contributed by atoms with Crippen molar-refractivity contribution in [2.24, 2.45) is 0 Å². The molecule has 4 nitrogen and oxygen atoms in total. The van der Waals surface area contributed by atoms with Crippen LogP contribution < -0.4 is 5.73 Å². The molecule has 13 heavy (non-hydrogen) atoms. The first-order valence-corrected chi connectivity index (χ1v) is 3.59. The van der Waals surface area contributed by atoms with Crippen molar-refractivity contribution in [2.75, 3.05) is 5.73 Å². The second kappa shape index (κ2) is 3.62. The van der Waals surface area contributed by atoms with Crippen LogP contribution in [0, 0.1) is 0 Å². The standard InChI is InChI=1S/C9H9NO3/c10-7-3-1-6(8(11)5-7)2-4-9(12)13/h1-5,11H,10H2,(H,12,13)/b4-2+. The minimum atomic E-state index is -1.06. The van der Waals surface area contributed by atoms with Gasteiger partial charge in [0.15, 0.2) is 0 Å². The largest absolute Gasteiger partial charge is 0.507 e. The molecule has 0 spiro atoms. The number of aliphatic carboxylic acids is 1. The number of phenolic OH excluding ortho intramolecular Hbond substituents is 1. The van der Waals surface area contributed by atoms with E-state index in [0.717, 1.165) is 6.08 Å². The lowest BCUT2D eigenvalue weighted by molar-refractivity contribution is -0.131. The highest BCUT2D eigenvalue weighted by atomic mass is 16.4. The lowest BCUT2D eigenvalue weighted by atomic mass is 10.1.